The van der Waals surface area contributed by atoms with Crippen LogP contribution in [0.25, 0.3) is 11.2 Å². The quantitative estimate of drug-likeness (QED) is 0.0318. The predicted octanol–water partition coefficient (Wildman–Crippen LogP) is 1.28. The summed E-state index contributed by atoms with van der Waals surface area (Å²) in [7, 11) is -17.6. The lowest BCUT2D eigenvalue weighted by molar-refractivity contribution is -0.347. The lowest BCUT2D eigenvalue weighted by Gasteiger charge is -2.36. The van der Waals surface area contributed by atoms with Crippen molar-refractivity contribution < 1.29 is 80.5 Å². The van der Waals surface area contributed by atoms with Gasteiger partial charge in [0.15, 0.2) is 17.7 Å². The van der Waals surface area contributed by atoms with Crippen LogP contribution in [0.15, 0.2) is 73.4 Å². The Bertz CT molecular complexity index is 2230. The molecule has 67 heavy (non-hydrogen) atoms. The summed E-state index contributed by atoms with van der Waals surface area (Å²) in [5, 5.41) is 26.2. The Kier molecular flexibility index (Phi) is 24.1. The zero-order valence-corrected chi connectivity index (χ0v) is 40.4. The molecule has 3 heterocycles. The van der Waals surface area contributed by atoms with Gasteiger partial charge < -0.3 is 69.0 Å². The molecule has 0 spiro atoms. The van der Waals surface area contributed by atoms with E-state index in [-0.39, 0.29) is 41.6 Å². The summed E-state index contributed by atoms with van der Waals surface area (Å²) in [4.78, 5) is 96.6. The Hall–Kier alpha value is -3.74. The Balaban J connectivity index is 1.34. The van der Waals surface area contributed by atoms with E-state index in [2.05, 4.69) is 99.0 Å². The predicted molar refractivity (Wildman–Crippen MR) is 237 cm³/mol. The van der Waals surface area contributed by atoms with E-state index in [1.165, 1.54) is 19.9 Å². The number of amides is 2. The molecule has 1 fully saturated rings. The van der Waals surface area contributed by atoms with Crippen LogP contribution in [0.1, 0.15) is 71.9 Å². The second-order valence-corrected chi connectivity index (χ2v) is 20.3. The van der Waals surface area contributed by atoms with Gasteiger partial charge in [0.05, 0.1) is 27.4 Å². The number of fused-ring (bicyclic) bond motifs is 1. The Morgan fingerprint density at radius 1 is 0.925 bits per heavy atom. The van der Waals surface area contributed by atoms with Gasteiger partial charge in [-0.2, -0.15) is 0 Å². The number of nitrogens with zero attached hydrogens (tertiary/aromatic N) is 4. The van der Waals surface area contributed by atoms with E-state index in [4.69, 9.17) is 10.5 Å². The molecule has 28 heteroatoms. The van der Waals surface area contributed by atoms with E-state index < -0.39 is 84.6 Å². The van der Waals surface area contributed by atoms with Gasteiger partial charge in [-0.05, 0) is 44.6 Å². The molecule has 2 unspecified atom stereocenters. The molecule has 6 N–H and O–H groups in total. The third kappa shape index (κ3) is 21.2. The van der Waals surface area contributed by atoms with Crippen LogP contribution >= 0.6 is 35.2 Å². The number of ether oxygens (including phenoxy) is 1. The normalized spacial score (nSPS) is 20.7. The molecule has 7 atom stereocenters. The maximum Gasteiger partial charge on any atom is 0.274 e. The molecule has 24 nitrogen and oxygen atoms in total. The fraction of sp³-hybridized carbons (Fsp3) is 0.538. The summed E-state index contributed by atoms with van der Waals surface area (Å²) in [5.41, 5.74) is 4.07. The first-order chi connectivity index (χ1) is 31.6. The molecule has 0 aromatic carbocycles. The van der Waals surface area contributed by atoms with Gasteiger partial charge in [0.25, 0.3) is 15.6 Å². The van der Waals surface area contributed by atoms with Crippen molar-refractivity contribution >= 4 is 69.1 Å². The first-order valence-corrected chi connectivity index (χ1v) is 26.2. The summed E-state index contributed by atoms with van der Waals surface area (Å²) in [6.45, 7) is 2.16. The molecule has 374 valence electrons. The highest BCUT2D eigenvalue weighted by molar-refractivity contribution is 8.14. The highest BCUT2D eigenvalue weighted by atomic mass is 32.2. The van der Waals surface area contributed by atoms with Gasteiger partial charge in [-0.25, -0.2) is 19.3 Å². The maximum atomic E-state index is 12.6. The average Bonchev–Trinajstić information content (AvgIpc) is 3.81. The molecular formula is C39H56N7O17P3S-4. The molecule has 0 radical (unpaired) electrons. The second-order valence-electron chi connectivity index (χ2n) is 15.1. The van der Waals surface area contributed by atoms with Gasteiger partial charge >= 0.3 is 0 Å². The van der Waals surface area contributed by atoms with E-state index in [0.717, 1.165) is 61.1 Å². The SMILES string of the molecule is CC/C=C\C/C=C\C/C=C\C/C=C\CC/C=C/C(=O)SCCNC(=O)CCNC(=O)[C@H](O)C(C)(C)COP(=O)([O-])OP(=O)([O-])OC[C@H]1O[C@@H](n2cnc3c(N)ncnc32)[C@H](O)[C@@H]1OP(=O)([O-])[O-]. The highest BCUT2D eigenvalue weighted by Crippen LogP contribution is 2.56. The van der Waals surface area contributed by atoms with Crippen molar-refractivity contribution in [1.82, 2.24) is 30.2 Å². The zero-order chi connectivity index (χ0) is 49.7. The minimum absolute atomic E-state index is 0.0230. The number of nitrogens with two attached hydrogens (primary N) is 1. The minimum atomic E-state index is -5.93. The Labute approximate surface area is 391 Å². The number of aromatic nitrogens is 4. The largest absolute Gasteiger partial charge is 0.790 e. The van der Waals surface area contributed by atoms with Crippen LogP contribution in [-0.2, 0) is 50.7 Å². The minimum Gasteiger partial charge on any atom is -0.790 e. The summed E-state index contributed by atoms with van der Waals surface area (Å²) >= 11 is 1.02. The van der Waals surface area contributed by atoms with Crippen molar-refractivity contribution in [3.05, 3.63) is 73.4 Å². The molecule has 0 saturated carbocycles. The van der Waals surface area contributed by atoms with E-state index >= 15 is 0 Å². The Morgan fingerprint density at radius 3 is 2.21 bits per heavy atom. The van der Waals surface area contributed by atoms with Crippen LogP contribution in [0, 0.1) is 5.41 Å². The number of thioether (sulfide) groups is 1. The molecular weight excluding hydrogens is 963 g/mol. The number of carbonyl (C=O) groups excluding carboxylic acids is 3. The number of aliphatic hydroxyl groups is 2. The molecule has 0 aliphatic carbocycles. The number of anilines is 1. The molecule has 2 aromatic heterocycles. The van der Waals surface area contributed by atoms with Crippen molar-refractivity contribution in [3.63, 3.8) is 0 Å². The van der Waals surface area contributed by atoms with Crippen LogP contribution in [-0.4, -0.2) is 103 Å². The summed E-state index contributed by atoms with van der Waals surface area (Å²) in [5.74, 6) is -1.26. The van der Waals surface area contributed by atoms with Crippen molar-refractivity contribution in [2.75, 3.05) is 37.8 Å². The van der Waals surface area contributed by atoms with E-state index in [0.29, 0.717) is 12.2 Å². The summed E-state index contributed by atoms with van der Waals surface area (Å²) < 4.78 is 60.8. The number of hydrogen-bond donors (Lipinski definition) is 5. The first kappa shape index (κ1) is 57.6. The average molecular weight is 1020 g/mol. The van der Waals surface area contributed by atoms with E-state index in [9.17, 15) is 57.9 Å². The molecule has 1 aliphatic rings. The number of phosphoric ester groups is 3. The number of nitrogens with one attached hydrogen (secondary N) is 2. The highest BCUT2D eigenvalue weighted by Gasteiger charge is 2.47. The summed E-state index contributed by atoms with van der Waals surface area (Å²) in [6, 6.07) is 0. The van der Waals surface area contributed by atoms with Crippen LogP contribution in [0.3, 0.4) is 0 Å². The monoisotopic (exact) mass is 1020 g/mol. The van der Waals surface area contributed by atoms with E-state index in [1.54, 1.807) is 6.08 Å². The van der Waals surface area contributed by atoms with Crippen molar-refractivity contribution in [1.29, 1.82) is 0 Å². The number of nitrogen functional groups attached to an aromatic ring is 1. The second kappa shape index (κ2) is 28.1. The summed E-state index contributed by atoms with van der Waals surface area (Å²) in [6.07, 6.45) is 17.7. The number of carbonyl (C=O) groups is 3. The van der Waals surface area contributed by atoms with Crippen molar-refractivity contribution in [2.24, 2.45) is 5.41 Å². The number of imidazole rings is 1. The maximum absolute atomic E-state index is 12.6. The number of unbranched alkanes of at least 4 members (excludes halogenated alkanes) is 1. The Morgan fingerprint density at radius 2 is 1.55 bits per heavy atom. The first-order valence-electron chi connectivity index (χ1n) is 20.8. The van der Waals surface area contributed by atoms with Gasteiger partial charge in [0.1, 0.15) is 36.3 Å². The molecule has 2 amide bonds. The van der Waals surface area contributed by atoms with Crippen LogP contribution in [0.2, 0.25) is 0 Å². The third-order valence-electron chi connectivity index (χ3n) is 9.19. The molecule has 1 aliphatic heterocycles. The number of phosphoric acid groups is 3. The molecule has 1 saturated heterocycles. The van der Waals surface area contributed by atoms with Gasteiger partial charge in [-0.15, -0.1) is 0 Å². The topological polar surface area (TPSA) is 375 Å². The van der Waals surface area contributed by atoms with Crippen LogP contribution in [0.4, 0.5) is 5.82 Å². The van der Waals surface area contributed by atoms with Crippen molar-refractivity contribution in [2.45, 2.75) is 96.4 Å². The van der Waals surface area contributed by atoms with Crippen LogP contribution in [0.5, 0.6) is 0 Å². The zero-order valence-electron chi connectivity index (χ0n) is 36.9. The van der Waals surface area contributed by atoms with Crippen LogP contribution < -0.4 is 35.9 Å². The third-order valence-corrected chi connectivity index (χ3v) is 13.0. The fourth-order valence-electron chi connectivity index (χ4n) is 5.78. The van der Waals surface area contributed by atoms with Gasteiger partial charge in [-0.1, -0.05) is 87.2 Å². The number of hydrogen-bond acceptors (Lipinski definition) is 22. The number of rotatable bonds is 30. The number of allylic oxidation sites excluding steroid dienone is 9. The lowest BCUT2D eigenvalue weighted by Crippen LogP contribution is -2.46. The fourth-order valence-corrected chi connectivity index (χ4v) is 9.11. The van der Waals surface area contributed by atoms with Gasteiger partial charge in [0, 0.05) is 30.7 Å². The number of aliphatic hydroxyl groups excluding tert-OH is 2. The van der Waals surface area contributed by atoms with E-state index in [1.807, 2.05) is 0 Å². The van der Waals surface area contributed by atoms with Gasteiger partial charge in [-0.3, -0.25) is 28.1 Å². The van der Waals surface area contributed by atoms with Crippen molar-refractivity contribution in [3.8, 4) is 0 Å². The standard InChI is InChI=1S/C39H60N7O17P3S/c1-4-5-6-7-8-9-10-11-12-13-14-15-16-17-18-19-30(48)67-23-22-41-29(47)20-21-42-37(51)34(50)39(2,3)25-60-66(57,58)63-65(55,56)59-24-28-33(62-64(52,53)54)32(49)38(61-28)46-27-45-31-35(40)43-26-44-36(31)46/h5-6,8-9,11-12,14-15,18-19,26-28,32-34,38,49-50H,4,7,10,13,16-17,20-25H2,1-3H3,(H,41,47)(H,42,51)(H,55,56)(H,57,58)(H2,40,43,44)(H2,52,53,54)/p-4/b6-5-,9-8-,12-11-,15-14-,19-18+/t28-,32-,33-,34+,38-/m1/s1. The molecule has 2 aromatic rings. The van der Waals surface area contributed by atoms with Gasteiger partial charge in [0.2, 0.25) is 16.9 Å². The molecule has 0 bridgehead atoms. The molecule has 3 rings (SSSR count). The smallest absolute Gasteiger partial charge is 0.274 e. The lowest BCUT2D eigenvalue weighted by atomic mass is 9.87.